The van der Waals surface area contributed by atoms with Crippen LogP contribution in [0.2, 0.25) is 4.34 Å². The van der Waals surface area contributed by atoms with E-state index in [0.717, 1.165) is 26.8 Å². The first-order valence-corrected chi connectivity index (χ1v) is 11.1. The van der Waals surface area contributed by atoms with Gasteiger partial charge in [-0.2, -0.15) is 4.31 Å². The minimum atomic E-state index is -3.76. The third-order valence-electron chi connectivity index (χ3n) is 4.11. The van der Waals surface area contributed by atoms with Gasteiger partial charge in [-0.25, -0.2) is 8.42 Å². The van der Waals surface area contributed by atoms with Crippen molar-refractivity contribution in [1.29, 1.82) is 0 Å². The molecule has 0 aliphatic heterocycles. The predicted octanol–water partition coefficient (Wildman–Crippen LogP) is 4.25. The highest BCUT2D eigenvalue weighted by Crippen LogP contribution is 2.27. The van der Waals surface area contributed by atoms with Gasteiger partial charge in [0.1, 0.15) is 4.21 Å². The Morgan fingerprint density at radius 3 is 2.39 bits per heavy atom. The van der Waals surface area contributed by atoms with Gasteiger partial charge in [0.05, 0.1) is 10.9 Å². The number of sulfonamides is 1. The number of rotatable bonds is 7. The summed E-state index contributed by atoms with van der Waals surface area (Å²) in [4.78, 5) is 12.5. The third-order valence-corrected chi connectivity index (χ3v) is 7.61. The van der Waals surface area contributed by atoms with Gasteiger partial charge < -0.3 is 5.32 Å². The van der Waals surface area contributed by atoms with Crippen molar-refractivity contribution in [3.8, 4) is 0 Å². The van der Waals surface area contributed by atoms with Crippen molar-refractivity contribution in [2.75, 3.05) is 18.9 Å². The molecule has 0 bridgehead atoms. The van der Waals surface area contributed by atoms with Gasteiger partial charge in [0, 0.05) is 12.7 Å². The standard InChI is InChI=1S/C20H19ClN2O3S2/c1-23(28(25,26)20-12-11-18(21)27-20)14-19(24)22-17-10-6-5-9-16(17)13-15-7-3-2-4-8-15/h2-12H,13-14H2,1H3,(H,22,24). The molecule has 1 amide bonds. The Balaban J connectivity index is 1.70. The Morgan fingerprint density at radius 1 is 1.04 bits per heavy atom. The summed E-state index contributed by atoms with van der Waals surface area (Å²) in [7, 11) is -2.38. The van der Waals surface area contributed by atoms with E-state index in [0.29, 0.717) is 16.4 Å². The molecule has 28 heavy (non-hydrogen) atoms. The van der Waals surface area contributed by atoms with Crippen LogP contribution < -0.4 is 5.32 Å². The second-order valence-corrected chi connectivity index (χ2v) is 10.2. The van der Waals surface area contributed by atoms with Crippen molar-refractivity contribution in [2.45, 2.75) is 10.6 Å². The molecular formula is C20H19ClN2O3S2. The van der Waals surface area contributed by atoms with E-state index in [1.807, 2.05) is 54.6 Å². The number of nitrogens with zero attached hydrogens (tertiary/aromatic N) is 1. The first-order valence-electron chi connectivity index (χ1n) is 8.49. The molecule has 2 aromatic carbocycles. The summed E-state index contributed by atoms with van der Waals surface area (Å²) in [6.07, 6.45) is 0.666. The molecule has 0 aliphatic rings. The van der Waals surface area contributed by atoms with Crippen molar-refractivity contribution < 1.29 is 13.2 Å². The zero-order valence-corrected chi connectivity index (χ0v) is 17.5. The lowest BCUT2D eigenvalue weighted by Crippen LogP contribution is -2.34. The van der Waals surface area contributed by atoms with Gasteiger partial charge in [0.25, 0.3) is 10.0 Å². The topological polar surface area (TPSA) is 66.5 Å². The van der Waals surface area contributed by atoms with Gasteiger partial charge in [0.2, 0.25) is 5.91 Å². The summed E-state index contributed by atoms with van der Waals surface area (Å²) in [5.41, 5.74) is 2.75. The molecule has 1 aromatic heterocycles. The molecule has 0 saturated heterocycles. The number of anilines is 1. The van der Waals surface area contributed by atoms with E-state index in [-0.39, 0.29) is 10.8 Å². The largest absolute Gasteiger partial charge is 0.325 e. The quantitative estimate of drug-likeness (QED) is 0.604. The van der Waals surface area contributed by atoms with Crippen molar-refractivity contribution in [2.24, 2.45) is 0 Å². The molecule has 0 atom stereocenters. The number of para-hydroxylation sites is 1. The normalized spacial score (nSPS) is 11.5. The molecule has 5 nitrogen and oxygen atoms in total. The van der Waals surface area contributed by atoms with Crippen LogP contribution in [-0.2, 0) is 21.2 Å². The van der Waals surface area contributed by atoms with Crippen LogP contribution in [0.25, 0.3) is 0 Å². The van der Waals surface area contributed by atoms with Crippen molar-refractivity contribution in [3.63, 3.8) is 0 Å². The smallest absolute Gasteiger partial charge is 0.252 e. The van der Waals surface area contributed by atoms with Crippen LogP contribution in [0.15, 0.2) is 70.9 Å². The SMILES string of the molecule is CN(CC(=O)Nc1ccccc1Cc1ccccc1)S(=O)(=O)c1ccc(Cl)s1. The van der Waals surface area contributed by atoms with Gasteiger partial charge in [-0.05, 0) is 35.7 Å². The summed E-state index contributed by atoms with van der Waals surface area (Å²) in [5.74, 6) is -0.408. The Morgan fingerprint density at radius 2 is 1.71 bits per heavy atom. The summed E-state index contributed by atoms with van der Waals surface area (Å²) in [6, 6.07) is 20.4. The van der Waals surface area contributed by atoms with Crippen LogP contribution in [0.5, 0.6) is 0 Å². The second-order valence-electron chi connectivity index (χ2n) is 6.19. The number of thiophene rings is 1. The molecule has 3 rings (SSSR count). The Hall–Kier alpha value is -2.19. The summed E-state index contributed by atoms with van der Waals surface area (Å²) < 4.78 is 26.6. The van der Waals surface area contributed by atoms with Crippen LogP contribution in [0.1, 0.15) is 11.1 Å². The van der Waals surface area contributed by atoms with E-state index in [9.17, 15) is 13.2 Å². The minimum absolute atomic E-state index is 0.109. The lowest BCUT2D eigenvalue weighted by molar-refractivity contribution is -0.116. The molecule has 0 aliphatic carbocycles. The molecule has 0 saturated carbocycles. The molecule has 146 valence electrons. The Kier molecular flexibility index (Phi) is 6.51. The van der Waals surface area contributed by atoms with Crippen molar-refractivity contribution >= 4 is 44.6 Å². The third kappa shape index (κ3) is 4.99. The number of nitrogens with one attached hydrogen (secondary N) is 1. The Labute approximate surface area is 173 Å². The van der Waals surface area contributed by atoms with Crippen molar-refractivity contribution in [1.82, 2.24) is 4.31 Å². The van der Waals surface area contributed by atoms with Crippen LogP contribution in [-0.4, -0.2) is 32.2 Å². The fourth-order valence-electron chi connectivity index (χ4n) is 2.68. The molecule has 1 N–H and O–H groups in total. The first-order chi connectivity index (χ1) is 13.4. The van der Waals surface area contributed by atoms with E-state index >= 15 is 0 Å². The summed E-state index contributed by atoms with van der Waals surface area (Å²) >= 11 is 6.79. The maximum absolute atomic E-state index is 12.5. The van der Waals surface area contributed by atoms with Crippen LogP contribution in [0.4, 0.5) is 5.69 Å². The highest BCUT2D eigenvalue weighted by atomic mass is 35.5. The molecule has 3 aromatic rings. The van der Waals surface area contributed by atoms with E-state index < -0.39 is 15.9 Å². The molecule has 8 heteroatoms. The number of hydrogen-bond donors (Lipinski definition) is 1. The number of amides is 1. The number of likely N-dealkylation sites (N-methyl/N-ethyl adjacent to an activating group) is 1. The van der Waals surface area contributed by atoms with Crippen LogP contribution in [0.3, 0.4) is 0 Å². The molecule has 0 radical (unpaired) electrons. The number of benzene rings is 2. The van der Waals surface area contributed by atoms with Gasteiger partial charge in [-0.3, -0.25) is 4.79 Å². The maximum Gasteiger partial charge on any atom is 0.252 e. The number of hydrogen-bond acceptors (Lipinski definition) is 4. The molecule has 0 fully saturated rings. The highest BCUT2D eigenvalue weighted by molar-refractivity contribution is 7.91. The fraction of sp³-hybridized carbons (Fsp3) is 0.150. The summed E-state index contributed by atoms with van der Waals surface area (Å²) in [6.45, 7) is -0.294. The molecule has 0 unspecified atom stereocenters. The van der Waals surface area contributed by atoms with Crippen LogP contribution in [0, 0.1) is 0 Å². The zero-order valence-electron chi connectivity index (χ0n) is 15.1. The monoisotopic (exact) mass is 434 g/mol. The molecule has 1 heterocycles. The van der Waals surface area contributed by atoms with Crippen LogP contribution >= 0.6 is 22.9 Å². The predicted molar refractivity (Wildman–Crippen MR) is 113 cm³/mol. The lowest BCUT2D eigenvalue weighted by Gasteiger charge is -2.17. The number of carbonyl (C=O) groups excluding carboxylic acids is 1. The Bertz CT molecular complexity index is 1070. The number of halogens is 1. The first kappa shape index (κ1) is 20.5. The highest BCUT2D eigenvalue weighted by Gasteiger charge is 2.24. The van der Waals surface area contributed by atoms with E-state index in [2.05, 4.69) is 5.32 Å². The summed E-state index contributed by atoms with van der Waals surface area (Å²) in [5, 5.41) is 2.82. The van der Waals surface area contributed by atoms with Gasteiger partial charge in [-0.15, -0.1) is 11.3 Å². The fourth-order valence-corrected chi connectivity index (χ4v) is 5.50. The minimum Gasteiger partial charge on any atom is -0.325 e. The molecule has 0 spiro atoms. The molecular weight excluding hydrogens is 416 g/mol. The van der Waals surface area contributed by atoms with E-state index in [4.69, 9.17) is 11.6 Å². The number of carbonyl (C=O) groups is 1. The maximum atomic E-state index is 12.5. The second kappa shape index (κ2) is 8.87. The van der Waals surface area contributed by atoms with Gasteiger partial charge in [-0.1, -0.05) is 60.1 Å². The van der Waals surface area contributed by atoms with E-state index in [1.165, 1.54) is 19.2 Å². The average Bonchev–Trinajstić information content (AvgIpc) is 3.11. The van der Waals surface area contributed by atoms with E-state index in [1.54, 1.807) is 0 Å². The lowest BCUT2D eigenvalue weighted by atomic mass is 10.0. The van der Waals surface area contributed by atoms with Gasteiger partial charge >= 0.3 is 0 Å². The van der Waals surface area contributed by atoms with Gasteiger partial charge in [0.15, 0.2) is 0 Å². The van der Waals surface area contributed by atoms with Crippen molar-refractivity contribution in [3.05, 3.63) is 82.2 Å². The average molecular weight is 435 g/mol. The zero-order chi connectivity index (χ0) is 20.1.